The summed E-state index contributed by atoms with van der Waals surface area (Å²) in [6.45, 7) is 14.9. The number of nitrogens with one attached hydrogen (secondary N) is 1. The van der Waals surface area contributed by atoms with E-state index < -0.39 is 0 Å². The van der Waals surface area contributed by atoms with Crippen LogP contribution < -0.4 is 10.1 Å². The van der Waals surface area contributed by atoms with Gasteiger partial charge in [0.05, 0.1) is 12.6 Å². The molecule has 0 spiro atoms. The molecule has 1 aromatic carbocycles. The molecule has 1 aliphatic rings. The van der Waals surface area contributed by atoms with Crippen LogP contribution in [0.1, 0.15) is 61.5 Å². The number of ether oxygens (including phenoxy) is 1. The van der Waals surface area contributed by atoms with Gasteiger partial charge >= 0.3 is 0 Å². The summed E-state index contributed by atoms with van der Waals surface area (Å²) >= 11 is 0. The maximum atomic E-state index is 13.1. The van der Waals surface area contributed by atoms with Gasteiger partial charge in [-0.2, -0.15) is 0 Å². The van der Waals surface area contributed by atoms with Crippen LogP contribution in [0.3, 0.4) is 0 Å². The molecule has 0 bridgehead atoms. The lowest BCUT2D eigenvalue weighted by molar-refractivity contribution is 0.0819. The summed E-state index contributed by atoms with van der Waals surface area (Å²) in [7, 11) is 0. The Morgan fingerprint density at radius 1 is 1.25 bits per heavy atom. The van der Waals surface area contributed by atoms with Crippen molar-refractivity contribution in [2.24, 2.45) is 0 Å². The standard InChI is InChI=1S/C20H32N2O2/c1-6-11-24-19-12-15(4)18(13-17(19)14(2)3)20(23)16(5)22-9-7-21-8-10-22/h12-14,16,21H,6-11H2,1-5H3. The first-order valence-electron chi connectivity index (χ1n) is 9.22. The zero-order valence-corrected chi connectivity index (χ0v) is 15.8. The molecule has 1 aliphatic heterocycles. The molecule has 1 atom stereocenters. The van der Waals surface area contributed by atoms with Gasteiger partial charge in [-0.15, -0.1) is 0 Å². The van der Waals surface area contributed by atoms with Crippen molar-refractivity contribution in [1.82, 2.24) is 10.2 Å². The number of nitrogens with zero attached hydrogens (tertiary/aromatic N) is 1. The predicted octanol–water partition coefficient (Wildman–Crippen LogP) is 3.38. The Labute approximate surface area is 146 Å². The van der Waals surface area contributed by atoms with Crippen LogP contribution in [0.2, 0.25) is 0 Å². The van der Waals surface area contributed by atoms with Crippen molar-refractivity contribution in [1.29, 1.82) is 0 Å². The molecule has 4 heteroatoms. The Balaban J connectivity index is 2.28. The van der Waals surface area contributed by atoms with E-state index in [4.69, 9.17) is 4.74 Å². The Morgan fingerprint density at radius 2 is 1.92 bits per heavy atom. The van der Waals surface area contributed by atoms with Gasteiger partial charge < -0.3 is 10.1 Å². The van der Waals surface area contributed by atoms with Gasteiger partial charge in [-0.3, -0.25) is 9.69 Å². The topological polar surface area (TPSA) is 41.6 Å². The van der Waals surface area contributed by atoms with E-state index in [-0.39, 0.29) is 11.8 Å². The molecule has 1 aromatic rings. The summed E-state index contributed by atoms with van der Waals surface area (Å²) in [6.07, 6.45) is 0.983. The molecule has 0 aromatic heterocycles. The van der Waals surface area contributed by atoms with Crippen molar-refractivity contribution in [3.05, 3.63) is 28.8 Å². The van der Waals surface area contributed by atoms with Crippen LogP contribution >= 0.6 is 0 Å². The summed E-state index contributed by atoms with van der Waals surface area (Å²) in [4.78, 5) is 15.3. The van der Waals surface area contributed by atoms with E-state index in [2.05, 4.69) is 37.1 Å². The van der Waals surface area contributed by atoms with Crippen LogP contribution in [0.15, 0.2) is 12.1 Å². The average molecular weight is 332 g/mol. The molecule has 1 fully saturated rings. The molecule has 0 amide bonds. The number of benzene rings is 1. The lowest BCUT2D eigenvalue weighted by Gasteiger charge is -2.32. The monoisotopic (exact) mass is 332 g/mol. The van der Waals surface area contributed by atoms with Crippen LogP contribution in [0.4, 0.5) is 0 Å². The molecule has 24 heavy (non-hydrogen) atoms. The van der Waals surface area contributed by atoms with Gasteiger partial charge in [0.25, 0.3) is 0 Å². The second-order valence-electron chi connectivity index (χ2n) is 7.03. The quantitative estimate of drug-likeness (QED) is 0.777. The normalized spacial score (nSPS) is 17.1. The Kier molecular flexibility index (Phi) is 6.81. The molecular weight excluding hydrogens is 300 g/mol. The summed E-state index contributed by atoms with van der Waals surface area (Å²) in [5.74, 6) is 1.48. The van der Waals surface area contributed by atoms with Crippen molar-refractivity contribution in [2.75, 3.05) is 32.8 Å². The number of Topliss-reactive ketones (excluding diaryl/α,β-unsaturated/α-hetero) is 1. The smallest absolute Gasteiger partial charge is 0.179 e. The first-order chi connectivity index (χ1) is 11.5. The van der Waals surface area contributed by atoms with E-state index in [9.17, 15) is 4.79 Å². The van der Waals surface area contributed by atoms with E-state index in [1.54, 1.807) is 0 Å². The Bertz CT molecular complexity index is 563. The first kappa shape index (κ1) is 18.9. The van der Waals surface area contributed by atoms with Gasteiger partial charge in [0.1, 0.15) is 5.75 Å². The minimum Gasteiger partial charge on any atom is -0.493 e. The van der Waals surface area contributed by atoms with Gasteiger partial charge in [-0.25, -0.2) is 0 Å². The second-order valence-corrected chi connectivity index (χ2v) is 7.03. The number of ketones is 1. The predicted molar refractivity (Wildman–Crippen MR) is 99.3 cm³/mol. The molecule has 1 saturated heterocycles. The minimum absolute atomic E-state index is 0.0757. The Hall–Kier alpha value is -1.39. The van der Waals surface area contributed by atoms with Gasteiger partial charge in [-0.1, -0.05) is 20.8 Å². The average Bonchev–Trinajstić information content (AvgIpc) is 2.59. The van der Waals surface area contributed by atoms with Crippen molar-refractivity contribution in [2.45, 2.75) is 53.0 Å². The summed E-state index contributed by atoms with van der Waals surface area (Å²) < 4.78 is 5.91. The van der Waals surface area contributed by atoms with Crippen LogP contribution in [-0.2, 0) is 0 Å². The molecule has 0 radical (unpaired) electrons. The van der Waals surface area contributed by atoms with E-state index in [0.717, 1.165) is 55.0 Å². The van der Waals surface area contributed by atoms with Crippen LogP contribution in [0.25, 0.3) is 0 Å². The number of carbonyl (C=O) groups is 1. The second kappa shape index (κ2) is 8.63. The maximum absolute atomic E-state index is 13.1. The highest BCUT2D eigenvalue weighted by Gasteiger charge is 2.26. The number of aryl methyl sites for hydroxylation is 1. The van der Waals surface area contributed by atoms with Crippen molar-refractivity contribution < 1.29 is 9.53 Å². The highest BCUT2D eigenvalue weighted by Crippen LogP contribution is 2.31. The summed E-state index contributed by atoms with van der Waals surface area (Å²) in [6, 6.07) is 4.03. The fourth-order valence-electron chi connectivity index (χ4n) is 3.21. The maximum Gasteiger partial charge on any atom is 0.179 e. The van der Waals surface area contributed by atoms with Gasteiger partial charge in [0.2, 0.25) is 0 Å². The van der Waals surface area contributed by atoms with Crippen LogP contribution in [0.5, 0.6) is 5.75 Å². The minimum atomic E-state index is -0.0757. The molecule has 134 valence electrons. The largest absolute Gasteiger partial charge is 0.493 e. The fraction of sp³-hybridized carbons (Fsp3) is 0.650. The number of hydrogen-bond donors (Lipinski definition) is 1. The molecule has 0 aliphatic carbocycles. The van der Waals surface area contributed by atoms with E-state index >= 15 is 0 Å². The highest BCUT2D eigenvalue weighted by molar-refractivity contribution is 6.01. The third-order valence-electron chi connectivity index (χ3n) is 4.78. The van der Waals surface area contributed by atoms with Crippen molar-refractivity contribution in [3.8, 4) is 5.75 Å². The number of piperazine rings is 1. The SMILES string of the molecule is CCCOc1cc(C)c(C(=O)C(C)N2CCNCC2)cc1C(C)C. The van der Waals surface area contributed by atoms with E-state index in [1.165, 1.54) is 0 Å². The third-order valence-corrected chi connectivity index (χ3v) is 4.78. The molecule has 1 N–H and O–H groups in total. The van der Waals surface area contributed by atoms with Gasteiger partial charge in [0.15, 0.2) is 5.78 Å². The number of carbonyl (C=O) groups excluding carboxylic acids is 1. The highest BCUT2D eigenvalue weighted by atomic mass is 16.5. The molecule has 4 nitrogen and oxygen atoms in total. The Morgan fingerprint density at radius 3 is 2.50 bits per heavy atom. The summed E-state index contributed by atoms with van der Waals surface area (Å²) in [5, 5.41) is 3.34. The fourth-order valence-corrected chi connectivity index (χ4v) is 3.21. The number of rotatable bonds is 7. The molecule has 2 rings (SSSR count). The van der Waals surface area contributed by atoms with Crippen LogP contribution in [-0.4, -0.2) is 49.5 Å². The first-order valence-corrected chi connectivity index (χ1v) is 9.22. The summed E-state index contributed by atoms with van der Waals surface area (Å²) in [5.41, 5.74) is 2.98. The van der Waals surface area contributed by atoms with Gasteiger partial charge in [-0.05, 0) is 49.4 Å². The van der Waals surface area contributed by atoms with E-state index in [1.807, 2.05) is 19.9 Å². The van der Waals surface area contributed by atoms with Gasteiger partial charge in [0, 0.05) is 31.7 Å². The zero-order chi connectivity index (χ0) is 17.7. The molecule has 0 saturated carbocycles. The zero-order valence-electron chi connectivity index (χ0n) is 15.8. The molecular formula is C20H32N2O2. The van der Waals surface area contributed by atoms with E-state index in [0.29, 0.717) is 12.5 Å². The number of hydrogen-bond acceptors (Lipinski definition) is 4. The molecule has 1 unspecified atom stereocenters. The van der Waals surface area contributed by atoms with Crippen LogP contribution in [0, 0.1) is 6.92 Å². The lowest BCUT2D eigenvalue weighted by Crippen LogP contribution is -2.50. The third kappa shape index (κ3) is 4.37. The lowest BCUT2D eigenvalue weighted by atomic mass is 9.92. The van der Waals surface area contributed by atoms with Crippen molar-refractivity contribution >= 4 is 5.78 Å². The van der Waals surface area contributed by atoms with Crippen molar-refractivity contribution in [3.63, 3.8) is 0 Å². The molecule has 1 heterocycles.